The van der Waals surface area contributed by atoms with E-state index in [4.69, 9.17) is 33.1 Å². The number of rotatable bonds is 7. The standard InChI is InChI=1S/C24H26BNO3.C18H22BNO3.C2H6/c1-23(2)24(3,4)29-25(28-23)21-16-26-22(18-12-9-13-19(14-18)27-5)15-20(21)17-10-7-6-8-11-17;1-17(2)18(3,4)23-19(22-17)14-12-20-15(11-16(14)21-5)13-9-7-6-8-10-13;1-2/h6-16H,1-5H3;6-12H,1-5H3;1-2H3. The van der Waals surface area contributed by atoms with Gasteiger partial charge in [-0.25, -0.2) is 0 Å². The fourth-order valence-corrected chi connectivity index (χ4v) is 5.97. The van der Waals surface area contributed by atoms with Crippen LogP contribution in [0.5, 0.6) is 11.5 Å². The fourth-order valence-electron chi connectivity index (χ4n) is 5.97. The van der Waals surface area contributed by atoms with Crippen molar-refractivity contribution in [3.63, 3.8) is 0 Å². The van der Waals surface area contributed by atoms with Crippen LogP contribution >= 0.6 is 0 Å². The smallest absolute Gasteiger partial charge is 0.497 e. The van der Waals surface area contributed by atoms with Crippen LogP contribution in [0.4, 0.5) is 0 Å². The van der Waals surface area contributed by atoms with E-state index in [9.17, 15) is 0 Å². The normalized spacial score (nSPS) is 17.5. The van der Waals surface area contributed by atoms with E-state index in [-0.39, 0.29) is 11.2 Å². The number of hydrogen-bond acceptors (Lipinski definition) is 8. The first-order chi connectivity index (χ1) is 25.6. The molecule has 0 aliphatic carbocycles. The molecule has 0 saturated carbocycles. The number of benzene rings is 3. The topological polar surface area (TPSA) is 81.2 Å². The molecule has 0 spiro atoms. The van der Waals surface area contributed by atoms with Gasteiger partial charge in [0, 0.05) is 40.5 Å². The summed E-state index contributed by atoms with van der Waals surface area (Å²) in [7, 11) is 2.37. The summed E-state index contributed by atoms with van der Waals surface area (Å²) < 4.78 is 35.7. The summed E-state index contributed by atoms with van der Waals surface area (Å²) in [5.41, 5.74) is 6.10. The van der Waals surface area contributed by atoms with E-state index in [1.165, 1.54) is 0 Å². The summed E-state index contributed by atoms with van der Waals surface area (Å²) in [6.07, 6.45) is 3.66. The molecule has 10 heteroatoms. The minimum Gasteiger partial charge on any atom is -0.497 e. The molecule has 3 aromatic carbocycles. The van der Waals surface area contributed by atoms with Gasteiger partial charge in [-0.2, -0.15) is 0 Å². The molecule has 0 radical (unpaired) electrons. The summed E-state index contributed by atoms with van der Waals surface area (Å²) in [6, 6.07) is 32.3. The fraction of sp³-hybridized carbons (Fsp3) is 0.364. The van der Waals surface area contributed by atoms with Gasteiger partial charge in [0.1, 0.15) is 11.5 Å². The third-order valence-corrected chi connectivity index (χ3v) is 10.6. The largest absolute Gasteiger partial charge is 0.500 e. The summed E-state index contributed by atoms with van der Waals surface area (Å²) in [5, 5.41) is 0. The number of pyridine rings is 2. The number of nitrogens with zero attached hydrogens (tertiary/aromatic N) is 2. The predicted molar refractivity (Wildman–Crippen MR) is 221 cm³/mol. The molecule has 2 aromatic heterocycles. The van der Waals surface area contributed by atoms with E-state index in [0.29, 0.717) is 0 Å². The lowest BCUT2D eigenvalue weighted by Gasteiger charge is -2.32. The molecule has 7 rings (SSSR count). The third kappa shape index (κ3) is 8.58. The molecule has 0 atom stereocenters. The Labute approximate surface area is 322 Å². The van der Waals surface area contributed by atoms with Gasteiger partial charge in [0.05, 0.1) is 48.0 Å². The highest BCUT2D eigenvalue weighted by Crippen LogP contribution is 2.39. The van der Waals surface area contributed by atoms with Gasteiger partial charge in [-0.1, -0.05) is 86.6 Å². The maximum atomic E-state index is 6.31. The Morgan fingerprint density at radius 3 is 1.43 bits per heavy atom. The molecule has 0 bridgehead atoms. The lowest BCUT2D eigenvalue weighted by Crippen LogP contribution is -2.41. The highest BCUT2D eigenvalue weighted by Gasteiger charge is 2.53. The second kappa shape index (κ2) is 16.5. The highest BCUT2D eigenvalue weighted by molar-refractivity contribution is 6.64. The molecule has 282 valence electrons. The molecule has 2 saturated heterocycles. The van der Waals surface area contributed by atoms with Crippen LogP contribution in [-0.2, 0) is 18.6 Å². The van der Waals surface area contributed by atoms with Crippen molar-refractivity contribution in [1.82, 2.24) is 9.97 Å². The average molecular weight is 729 g/mol. The van der Waals surface area contributed by atoms with Gasteiger partial charge in [-0.05, 0) is 84.7 Å². The van der Waals surface area contributed by atoms with Crippen LogP contribution in [0.25, 0.3) is 33.6 Å². The zero-order valence-electron chi connectivity index (χ0n) is 33.9. The lowest BCUT2D eigenvalue weighted by atomic mass is 9.75. The summed E-state index contributed by atoms with van der Waals surface area (Å²) in [4.78, 5) is 9.29. The summed E-state index contributed by atoms with van der Waals surface area (Å²) in [5.74, 6) is 1.53. The monoisotopic (exact) mass is 728 g/mol. The Morgan fingerprint density at radius 1 is 0.481 bits per heavy atom. The Balaban J connectivity index is 0.000000204. The van der Waals surface area contributed by atoms with Crippen molar-refractivity contribution in [1.29, 1.82) is 0 Å². The van der Waals surface area contributed by atoms with E-state index in [1.807, 2.05) is 127 Å². The Kier molecular flexibility index (Phi) is 12.4. The SMILES string of the molecule is CC.COc1cc(-c2ccccc2)ncc1B1OC(C)(C)C(C)(C)O1.COc1cccc(-c2cc(-c3ccccc3)c(B3OC(C)(C)C(C)(C)O3)cn2)c1. The molecule has 2 aliphatic rings. The van der Waals surface area contributed by atoms with Crippen molar-refractivity contribution < 1.29 is 28.1 Å². The number of aromatic nitrogens is 2. The second-order valence-corrected chi connectivity index (χ2v) is 15.1. The quantitative estimate of drug-likeness (QED) is 0.154. The molecule has 2 aliphatic heterocycles. The first kappa shape index (κ1) is 40.7. The van der Waals surface area contributed by atoms with E-state index >= 15 is 0 Å². The number of hydrogen-bond donors (Lipinski definition) is 0. The van der Waals surface area contributed by atoms with Crippen LogP contribution in [-0.4, -0.2) is 60.8 Å². The third-order valence-electron chi connectivity index (χ3n) is 10.6. The van der Waals surface area contributed by atoms with Gasteiger partial charge < -0.3 is 28.1 Å². The average Bonchev–Trinajstić information content (AvgIpc) is 3.54. The van der Waals surface area contributed by atoms with Gasteiger partial charge in [0.15, 0.2) is 0 Å². The maximum absolute atomic E-state index is 6.31. The van der Waals surface area contributed by atoms with Crippen molar-refractivity contribution in [3.8, 4) is 45.1 Å². The molecule has 2 fully saturated rings. The maximum Gasteiger partial charge on any atom is 0.500 e. The zero-order valence-corrected chi connectivity index (χ0v) is 33.9. The van der Waals surface area contributed by atoms with Gasteiger partial charge in [0.2, 0.25) is 0 Å². The lowest BCUT2D eigenvalue weighted by molar-refractivity contribution is 0.00578. The Hall–Kier alpha value is -4.47. The molecule has 0 N–H and O–H groups in total. The molecule has 54 heavy (non-hydrogen) atoms. The molecule has 8 nitrogen and oxygen atoms in total. The molecular formula is C44H54B2N2O6. The number of methoxy groups -OCH3 is 2. The molecule has 0 unspecified atom stereocenters. The Bertz CT molecular complexity index is 1970. The van der Waals surface area contributed by atoms with Gasteiger partial charge >= 0.3 is 14.2 Å². The molecule has 0 amide bonds. The van der Waals surface area contributed by atoms with Crippen LogP contribution in [0.3, 0.4) is 0 Å². The second-order valence-electron chi connectivity index (χ2n) is 15.1. The highest BCUT2D eigenvalue weighted by atomic mass is 16.7. The van der Waals surface area contributed by atoms with Gasteiger partial charge in [-0.15, -0.1) is 0 Å². The first-order valence-corrected chi connectivity index (χ1v) is 18.6. The predicted octanol–water partition coefficient (Wildman–Crippen LogP) is 8.81. The molecule has 5 aromatic rings. The van der Waals surface area contributed by atoms with E-state index in [0.717, 1.165) is 56.1 Å². The zero-order chi connectivity index (χ0) is 39.3. The first-order valence-electron chi connectivity index (χ1n) is 18.6. The molecular weight excluding hydrogens is 674 g/mol. The van der Waals surface area contributed by atoms with Gasteiger partial charge in [-0.3, -0.25) is 9.97 Å². The van der Waals surface area contributed by atoms with Crippen molar-refractivity contribution in [2.75, 3.05) is 14.2 Å². The van der Waals surface area contributed by atoms with Crippen molar-refractivity contribution in [2.45, 2.75) is 91.6 Å². The van der Waals surface area contributed by atoms with Crippen LogP contribution in [0, 0.1) is 0 Å². The van der Waals surface area contributed by atoms with E-state index in [2.05, 4.69) is 50.9 Å². The minimum absolute atomic E-state index is 0.388. The van der Waals surface area contributed by atoms with Gasteiger partial charge in [0.25, 0.3) is 0 Å². The summed E-state index contributed by atoms with van der Waals surface area (Å²) >= 11 is 0. The van der Waals surface area contributed by atoms with E-state index in [1.54, 1.807) is 20.4 Å². The van der Waals surface area contributed by atoms with E-state index < -0.39 is 25.4 Å². The Morgan fingerprint density at radius 2 is 0.926 bits per heavy atom. The minimum atomic E-state index is -0.479. The van der Waals surface area contributed by atoms with Crippen LogP contribution < -0.4 is 20.4 Å². The van der Waals surface area contributed by atoms with Crippen LogP contribution in [0.15, 0.2) is 109 Å². The van der Waals surface area contributed by atoms with Crippen molar-refractivity contribution in [2.24, 2.45) is 0 Å². The van der Waals surface area contributed by atoms with Crippen molar-refractivity contribution >= 4 is 25.2 Å². The van der Waals surface area contributed by atoms with Crippen molar-refractivity contribution in [3.05, 3.63) is 109 Å². The molecule has 4 heterocycles. The van der Waals surface area contributed by atoms with Crippen LogP contribution in [0.2, 0.25) is 0 Å². The van der Waals surface area contributed by atoms with Crippen LogP contribution in [0.1, 0.15) is 69.2 Å². The number of ether oxygens (including phenoxy) is 2. The summed E-state index contributed by atoms with van der Waals surface area (Å²) in [6.45, 7) is 20.4.